The second kappa shape index (κ2) is 6.44. The largest absolute Gasteiger partial charge is 0.491 e. The molecule has 1 aromatic rings. The molecule has 0 bridgehead atoms. The Kier molecular flexibility index (Phi) is 5.36. The van der Waals surface area contributed by atoms with Gasteiger partial charge in [-0.15, -0.1) is 0 Å². The summed E-state index contributed by atoms with van der Waals surface area (Å²) in [6.07, 6.45) is 1.28. The summed E-state index contributed by atoms with van der Waals surface area (Å²) in [7, 11) is -1.55. The van der Waals surface area contributed by atoms with Crippen molar-refractivity contribution in [3.8, 4) is 5.75 Å². The SMILES string of the molecule is CNC(C)(CC(C)Oc1ccc(S(C)(=O)=O)cc1)C(N)=O. The quantitative estimate of drug-likeness (QED) is 0.772. The average molecular weight is 314 g/mol. The molecule has 21 heavy (non-hydrogen) atoms. The van der Waals surface area contributed by atoms with Gasteiger partial charge in [-0.25, -0.2) is 8.42 Å². The van der Waals surface area contributed by atoms with Crippen LogP contribution in [0.5, 0.6) is 5.75 Å². The summed E-state index contributed by atoms with van der Waals surface area (Å²) in [4.78, 5) is 11.7. The van der Waals surface area contributed by atoms with Crippen molar-refractivity contribution in [2.75, 3.05) is 13.3 Å². The fraction of sp³-hybridized carbons (Fsp3) is 0.500. The van der Waals surface area contributed by atoms with E-state index in [0.29, 0.717) is 12.2 Å². The Bertz CT molecular complexity index is 598. The third-order valence-electron chi connectivity index (χ3n) is 3.38. The van der Waals surface area contributed by atoms with Gasteiger partial charge in [0, 0.05) is 12.7 Å². The molecule has 0 saturated heterocycles. The zero-order valence-electron chi connectivity index (χ0n) is 12.7. The molecule has 1 amide bonds. The molecule has 1 aromatic carbocycles. The number of nitrogens with one attached hydrogen (secondary N) is 1. The highest BCUT2D eigenvalue weighted by molar-refractivity contribution is 7.90. The Hall–Kier alpha value is -1.60. The lowest BCUT2D eigenvalue weighted by Gasteiger charge is -2.28. The Morgan fingerprint density at radius 3 is 2.29 bits per heavy atom. The number of nitrogens with two attached hydrogens (primary N) is 1. The van der Waals surface area contributed by atoms with Gasteiger partial charge in [0.15, 0.2) is 9.84 Å². The van der Waals surface area contributed by atoms with Crippen molar-refractivity contribution in [2.45, 2.75) is 36.8 Å². The second-order valence-electron chi connectivity index (χ2n) is 5.32. The molecule has 2 atom stereocenters. The number of likely N-dealkylation sites (N-methyl/N-ethyl adjacent to an activating group) is 1. The predicted octanol–water partition coefficient (Wildman–Crippen LogP) is 0.711. The number of primary amides is 1. The molecule has 0 saturated carbocycles. The first-order valence-corrected chi connectivity index (χ1v) is 8.43. The number of carbonyl (C=O) groups is 1. The van der Waals surface area contributed by atoms with Gasteiger partial charge in [0.1, 0.15) is 5.75 Å². The molecule has 0 aliphatic rings. The minimum Gasteiger partial charge on any atom is -0.491 e. The normalized spacial score (nSPS) is 16.0. The maximum atomic E-state index is 11.4. The van der Waals surface area contributed by atoms with Crippen LogP contribution in [0.15, 0.2) is 29.2 Å². The van der Waals surface area contributed by atoms with Crippen molar-refractivity contribution in [2.24, 2.45) is 5.73 Å². The summed E-state index contributed by atoms with van der Waals surface area (Å²) >= 11 is 0. The van der Waals surface area contributed by atoms with E-state index in [-0.39, 0.29) is 11.0 Å². The van der Waals surface area contributed by atoms with E-state index in [2.05, 4.69) is 5.32 Å². The van der Waals surface area contributed by atoms with E-state index in [0.717, 1.165) is 6.26 Å². The molecule has 0 aliphatic carbocycles. The molecule has 0 radical (unpaired) electrons. The third-order valence-corrected chi connectivity index (χ3v) is 4.51. The van der Waals surface area contributed by atoms with Crippen LogP contribution in [0.1, 0.15) is 20.3 Å². The van der Waals surface area contributed by atoms with E-state index in [9.17, 15) is 13.2 Å². The number of hydrogen-bond acceptors (Lipinski definition) is 5. The first-order chi connectivity index (χ1) is 9.58. The van der Waals surface area contributed by atoms with Crippen LogP contribution in [0.4, 0.5) is 0 Å². The number of rotatable bonds is 7. The maximum Gasteiger partial charge on any atom is 0.237 e. The summed E-state index contributed by atoms with van der Waals surface area (Å²) in [5, 5.41) is 2.89. The molecule has 3 N–H and O–H groups in total. The maximum absolute atomic E-state index is 11.4. The van der Waals surface area contributed by atoms with Crippen molar-refractivity contribution >= 4 is 15.7 Å². The number of sulfone groups is 1. The van der Waals surface area contributed by atoms with Gasteiger partial charge >= 0.3 is 0 Å². The van der Waals surface area contributed by atoms with Gasteiger partial charge in [-0.2, -0.15) is 0 Å². The van der Waals surface area contributed by atoms with Crippen LogP contribution in [-0.2, 0) is 14.6 Å². The highest BCUT2D eigenvalue weighted by Crippen LogP contribution is 2.20. The highest BCUT2D eigenvalue weighted by atomic mass is 32.2. The number of ether oxygens (including phenoxy) is 1. The van der Waals surface area contributed by atoms with E-state index in [1.54, 1.807) is 26.1 Å². The van der Waals surface area contributed by atoms with Crippen LogP contribution in [0.2, 0.25) is 0 Å². The van der Waals surface area contributed by atoms with Gasteiger partial charge in [0.25, 0.3) is 0 Å². The van der Waals surface area contributed by atoms with Crippen LogP contribution >= 0.6 is 0 Å². The minimum atomic E-state index is -3.22. The van der Waals surface area contributed by atoms with Crippen molar-refractivity contribution in [3.05, 3.63) is 24.3 Å². The van der Waals surface area contributed by atoms with E-state index in [1.807, 2.05) is 6.92 Å². The first kappa shape index (κ1) is 17.5. The van der Waals surface area contributed by atoms with Gasteiger partial charge in [-0.05, 0) is 45.2 Å². The highest BCUT2D eigenvalue weighted by Gasteiger charge is 2.31. The molecular formula is C14H22N2O4S. The van der Waals surface area contributed by atoms with E-state index in [1.165, 1.54) is 12.1 Å². The fourth-order valence-corrected chi connectivity index (χ4v) is 2.57. The van der Waals surface area contributed by atoms with Crippen LogP contribution in [0.3, 0.4) is 0 Å². The summed E-state index contributed by atoms with van der Waals surface area (Å²) < 4.78 is 28.4. The zero-order valence-corrected chi connectivity index (χ0v) is 13.5. The topological polar surface area (TPSA) is 98.5 Å². The Labute approximate surface area is 125 Å². The van der Waals surface area contributed by atoms with Gasteiger partial charge in [-0.1, -0.05) is 0 Å². The smallest absolute Gasteiger partial charge is 0.237 e. The Morgan fingerprint density at radius 2 is 1.90 bits per heavy atom. The lowest BCUT2D eigenvalue weighted by Crippen LogP contribution is -2.53. The van der Waals surface area contributed by atoms with E-state index < -0.39 is 21.3 Å². The molecule has 7 heteroatoms. The van der Waals surface area contributed by atoms with E-state index >= 15 is 0 Å². The van der Waals surface area contributed by atoms with Crippen molar-refractivity contribution in [1.29, 1.82) is 0 Å². The summed E-state index contributed by atoms with van der Waals surface area (Å²) in [5.74, 6) is 0.0886. The molecule has 0 heterocycles. The summed E-state index contributed by atoms with van der Waals surface area (Å²) in [6, 6.07) is 6.16. The molecule has 0 aromatic heterocycles. The molecule has 0 fully saturated rings. The van der Waals surface area contributed by atoms with Gasteiger partial charge < -0.3 is 15.8 Å². The van der Waals surface area contributed by atoms with E-state index in [4.69, 9.17) is 10.5 Å². The van der Waals surface area contributed by atoms with Crippen LogP contribution in [0, 0.1) is 0 Å². The van der Waals surface area contributed by atoms with Crippen LogP contribution in [0.25, 0.3) is 0 Å². The van der Waals surface area contributed by atoms with Gasteiger partial charge in [0.05, 0.1) is 16.5 Å². The minimum absolute atomic E-state index is 0.236. The summed E-state index contributed by atoms with van der Waals surface area (Å²) in [5.41, 5.74) is 4.51. The molecule has 6 nitrogen and oxygen atoms in total. The Morgan fingerprint density at radius 1 is 1.38 bits per heavy atom. The van der Waals surface area contributed by atoms with Crippen molar-refractivity contribution < 1.29 is 17.9 Å². The number of carbonyl (C=O) groups excluding carboxylic acids is 1. The lowest BCUT2D eigenvalue weighted by molar-refractivity contribution is -0.124. The standard InChI is InChI=1S/C14H22N2O4S/c1-10(9-14(2,16-3)13(15)17)20-11-5-7-12(8-6-11)21(4,18)19/h5-8,10,16H,9H2,1-4H3,(H2,15,17). The average Bonchev–Trinajstić information content (AvgIpc) is 2.37. The van der Waals surface area contributed by atoms with Crippen LogP contribution < -0.4 is 15.8 Å². The van der Waals surface area contributed by atoms with Gasteiger partial charge in [-0.3, -0.25) is 4.79 Å². The molecule has 1 rings (SSSR count). The number of amides is 1. The number of benzene rings is 1. The number of hydrogen-bond donors (Lipinski definition) is 2. The third kappa shape index (κ3) is 4.71. The fourth-order valence-electron chi connectivity index (χ4n) is 1.94. The lowest BCUT2D eigenvalue weighted by atomic mass is 9.94. The molecule has 2 unspecified atom stereocenters. The second-order valence-corrected chi connectivity index (χ2v) is 7.34. The molecule has 0 spiro atoms. The first-order valence-electron chi connectivity index (χ1n) is 6.54. The summed E-state index contributed by atoms with van der Waals surface area (Å²) in [6.45, 7) is 3.53. The molecular weight excluding hydrogens is 292 g/mol. The molecule has 0 aliphatic heterocycles. The predicted molar refractivity (Wildman–Crippen MR) is 80.9 cm³/mol. The van der Waals surface area contributed by atoms with Gasteiger partial charge in [0.2, 0.25) is 5.91 Å². The van der Waals surface area contributed by atoms with Crippen LogP contribution in [-0.4, -0.2) is 39.3 Å². The monoisotopic (exact) mass is 314 g/mol. The zero-order chi connectivity index (χ0) is 16.3. The molecule has 118 valence electrons. The Balaban J connectivity index is 2.76. The van der Waals surface area contributed by atoms with Crippen molar-refractivity contribution in [1.82, 2.24) is 5.32 Å². The van der Waals surface area contributed by atoms with Crippen molar-refractivity contribution in [3.63, 3.8) is 0 Å².